The van der Waals surface area contributed by atoms with Crippen molar-refractivity contribution < 1.29 is 23.7 Å². The molecule has 0 saturated heterocycles. The average molecular weight is 550 g/mol. The molecule has 0 unspecified atom stereocenters. The molecule has 1 amide bonds. The summed E-state index contributed by atoms with van der Waals surface area (Å²) in [5.41, 5.74) is 4.91. The second-order valence-electron chi connectivity index (χ2n) is 9.21. The molecule has 2 aromatic carbocycles. The molecule has 2 aromatic rings. The molecule has 4 rings (SSSR count). The van der Waals surface area contributed by atoms with Crippen LogP contribution in [0.1, 0.15) is 34.6 Å². The van der Waals surface area contributed by atoms with Gasteiger partial charge in [-0.2, -0.15) is 0 Å². The van der Waals surface area contributed by atoms with E-state index in [2.05, 4.69) is 24.1 Å². The van der Waals surface area contributed by atoms with Crippen LogP contribution in [0.2, 0.25) is 0 Å². The molecule has 0 radical (unpaired) electrons. The van der Waals surface area contributed by atoms with E-state index in [1.807, 2.05) is 17.0 Å². The van der Waals surface area contributed by atoms with Crippen molar-refractivity contribution in [2.45, 2.75) is 31.6 Å². The van der Waals surface area contributed by atoms with Gasteiger partial charge in [0.05, 0.1) is 34.9 Å². The first-order valence-corrected chi connectivity index (χ1v) is 11.9. The number of carbonyl (C=O) groups excluding carboxylic acids is 1. The van der Waals surface area contributed by atoms with Gasteiger partial charge in [0.15, 0.2) is 23.0 Å². The van der Waals surface area contributed by atoms with Gasteiger partial charge in [-0.25, -0.2) is 0 Å². The van der Waals surface area contributed by atoms with Gasteiger partial charge in [0.1, 0.15) is 0 Å². The zero-order chi connectivity index (χ0) is 24.2. The molecule has 8 heteroatoms. The molecule has 2 aliphatic rings. The number of fused-ring (bicyclic) bond motifs is 2. The second-order valence-corrected chi connectivity index (χ2v) is 9.21. The zero-order valence-corrected chi connectivity index (χ0v) is 23.1. The number of methoxy groups -OCH3 is 4. The Hall–Kier alpha value is -2.45. The summed E-state index contributed by atoms with van der Waals surface area (Å²) in [5, 5.41) is 0. The molecule has 1 heterocycles. The Bertz CT molecular complexity index is 1040. The lowest BCUT2D eigenvalue weighted by molar-refractivity contribution is -0.130. The van der Waals surface area contributed by atoms with Crippen LogP contribution in [0.5, 0.6) is 23.0 Å². The van der Waals surface area contributed by atoms with Crippen LogP contribution in [0, 0.1) is 0 Å². The number of hydrogen-bond donors (Lipinski definition) is 0. The number of halogens is 1. The highest BCUT2D eigenvalue weighted by Crippen LogP contribution is 2.42. The highest BCUT2D eigenvalue weighted by molar-refractivity contribution is 8.93. The highest BCUT2D eigenvalue weighted by atomic mass is 79.9. The number of carbonyl (C=O) groups is 1. The summed E-state index contributed by atoms with van der Waals surface area (Å²) in [7, 11) is 8.79. The van der Waals surface area contributed by atoms with Gasteiger partial charge < -0.3 is 28.7 Å². The first-order valence-electron chi connectivity index (χ1n) is 11.9. The maximum absolute atomic E-state index is 12.9. The fourth-order valence-corrected chi connectivity index (χ4v) is 5.15. The van der Waals surface area contributed by atoms with Crippen molar-refractivity contribution in [3.05, 3.63) is 46.5 Å². The van der Waals surface area contributed by atoms with Gasteiger partial charge in [-0.15, -0.1) is 17.0 Å². The van der Waals surface area contributed by atoms with Gasteiger partial charge in [0.25, 0.3) is 0 Å². The number of amides is 1. The highest BCUT2D eigenvalue weighted by Gasteiger charge is 2.29. The molecule has 0 fully saturated rings. The van der Waals surface area contributed by atoms with Crippen LogP contribution in [0.25, 0.3) is 0 Å². The SMILES string of the molecule is Br.COc1cc2c(cc1OC)CC(=O)N(CCCN(C)C[C@H]1Cc3cc(OC)c(OC)cc31)CC2. The average Bonchev–Trinajstić information content (AvgIpc) is 2.98. The van der Waals surface area contributed by atoms with Gasteiger partial charge in [-0.3, -0.25) is 4.79 Å². The Balaban J connectivity index is 0.00000342. The van der Waals surface area contributed by atoms with E-state index >= 15 is 0 Å². The summed E-state index contributed by atoms with van der Waals surface area (Å²) in [6.45, 7) is 3.47. The lowest BCUT2D eigenvalue weighted by atomic mass is 9.77. The topological polar surface area (TPSA) is 60.5 Å². The minimum absolute atomic E-state index is 0. The molecule has 0 bridgehead atoms. The number of ether oxygens (including phenoxy) is 4. The number of nitrogens with zero attached hydrogens (tertiary/aromatic N) is 2. The molecule has 1 aliphatic carbocycles. The summed E-state index contributed by atoms with van der Waals surface area (Å²) in [6, 6.07) is 8.18. The van der Waals surface area contributed by atoms with E-state index in [0.717, 1.165) is 68.3 Å². The van der Waals surface area contributed by atoms with E-state index in [1.54, 1.807) is 28.4 Å². The van der Waals surface area contributed by atoms with E-state index < -0.39 is 0 Å². The maximum Gasteiger partial charge on any atom is 0.227 e. The van der Waals surface area contributed by atoms with Crippen molar-refractivity contribution in [3.63, 3.8) is 0 Å². The minimum Gasteiger partial charge on any atom is -0.493 e. The van der Waals surface area contributed by atoms with E-state index in [0.29, 0.717) is 18.1 Å². The molecule has 1 atom stereocenters. The predicted molar refractivity (Wildman–Crippen MR) is 142 cm³/mol. The normalized spacial score (nSPS) is 16.5. The Morgan fingerprint density at radius 3 is 2.09 bits per heavy atom. The molecular weight excluding hydrogens is 512 g/mol. The first-order chi connectivity index (χ1) is 16.5. The van der Waals surface area contributed by atoms with E-state index in [1.165, 1.54) is 16.7 Å². The van der Waals surface area contributed by atoms with Crippen LogP contribution >= 0.6 is 17.0 Å². The number of rotatable bonds is 10. The molecule has 192 valence electrons. The van der Waals surface area contributed by atoms with Crippen molar-refractivity contribution in [1.29, 1.82) is 0 Å². The van der Waals surface area contributed by atoms with Gasteiger partial charge in [0, 0.05) is 25.6 Å². The van der Waals surface area contributed by atoms with Crippen LogP contribution in [0.15, 0.2) is 24.3 Å². The fourth-order valence-electron chi connectivity index (χ4n) is 5.15. The summed E-state index contributed by atoms with van der Waals surface area (Å²) in [6.07, 6.45) is 3.27. The first kappa shape index (κ1) is 27.1. The van der Waals surface area contributed by atoms with Crippen LogP contribution in [0.4, 0.5) is 0 Å². The Labute approximate surface area is 219 Å². The largest absolute Gasteiger partial charge is 0.493 e. The predicted octanol–water partition coefficient (Wildman–Crippen LogP) is 3.89. The Morgan fingerprint density at radius 1 is 0.886 bits per heavy atom. The van der Waals surface area contributed by atoms with Crippen molar-refractivity contribution in [3.8, 4) is 23.0 Å². The van der Waals surface area contributed by atoms with Gasteiger partial charge in [0.2, 0.25) is 5.91 Å². The number of hydrogen-bond acceptors (Lipinski definition) is 6. The number of likely N-dealkylation sites (N-methyl/N-ethyl adjacent to an activating group) is 1. The van der Waals surface area contributed by atoms with E-state index in [-0.39, 0.29) is 22.9 Å². The van der Waals surface area contributed by atoms with E-state index in [9.17, 15) is 4.79 Å². The lowest BCUT2D eigenvalue weighted by Crippen LogP contribution is -2.36. The van der Waals surface area contributed by atoms with Crippen molar-refractivity contribution in [1.82, 2.24) is 9.80 Å². The summed E-state index contributed by atoms with van der Waals surface area (Å²) < 4.78 is 21.7. The standard InChI is InChI=1S/C27H36N2O5.BrH/c1-28(17-21-11-20-14-25(33-4)26(34-5)16-22(20)21)8-6-9-29-10-7-18-12-23(31-2)24(32-3)13-19(18)15-27(29)30;/h12-14,16,21H,6-11,15,17H2,1-5H3;1H/t21-;/m1./s1. The third-order valence-electron chi connectivity index (χ3n) is 7.10. The summed E-state index contributed by atoms with van der Waals surface area (Å²) in [4.78, 5) is 17.3. The molecule has 1 aliphatic heterocycles. The minimum atomic E-state index is 0. The van der Waals surface area contributed by atoms with Crippen molar-refractivity contribution in [2.24, 2.45) is 0 Å². The van der Waals surface area contributed by atoms with Gasteiger partial charge >= 0.3 is 0 Å². The molecular formula is C27H37BrN2O5. The Kier molecular flexibility index (Phi) is 9.30. The summed E-state index contributed by atoms with van der Waals surface area (Å²) in [5.74, 6) is 3.69. The molecule has 0 aromatic heterocycles. The van der Waals surface area contributed by atoms with Crippen molar-refractivity contribution >= 4 is 22.9 Å². The van der Waals surface area contributed by atoms with Crippen molar-refractivity contribution in [2.75, 3.05) is 61.7 Å². The quantitative estimate of drug-likeness (QED) is 0.449. The molecule has 35 heavy (non-hydrogen) atoms. The second kappa shape index (κ2) is 12.0. The molecule has 0 N–H and O–H groups in total. The monoisotopic (exact) mass is 548 g/mol. The smallest absolute Gasteiger partial charge is 0.227 e. The molecule has 0 saturated carbocycles. The third-order valence-corrected chi connectivity index (χ3v) is 7.10. The zero-order valence-electron chi connectivity index (χ0n) is 21.4. The molecule has 0 spiro atoms. The van der Waals surface area contributed by atoms with Crippen LogP contribution in [-0.2, 0) is 24.1 Å². The van der Waals surface area contributed by atoms with Crippen LogP contribution in [-0.4, -0.2) is 77.4 Å². The lowest BCUT2D eigenvalue weighted by Gasteiger charge is -2.34. The van der Waals surface area contributed by atoms with Gasteiger partial charge in [-0.1, -0.05) is 0 Å². The van der Waals surface area contributed by atoms with Crippen LogP contribution < -0.4 is 18.9 Å². The Morgan fingerprint density at radius 2 is 1.46 bits per heavy atom. The molecule has 7 nitrogen and oxygen atoms in total. The van der Waals surface area contributed by atoms with Crippen LogP contribution in [0.3, 0.4) is 0 Å². The van der Waals surface area contributed by atoms with E-state index in [4.69, 9.17) is 18.9 Å². The fraction of sp³-hybridized carbons (Fsp3) is 0.519. The third kappa shape index (κ3) is 5.86. The maximum atomic E-state index is 12.9. The number of benzene rings is 2. The summed E-state index contributed by atoms with van der Waals surface area (Å²) >= 11 is 0. The van der Waals surface area contributed by atoms with Gasteiger partial charge in [-0.05, 0) is 79.4 Å².